The predicted molar refractivity (Wildman–Crippen MR) is 29.4 cm³/mol. The van der Waals surface area contributed by atoms with E-state index in [0.29, 0.717) is 6.42 Å². The van der Waals surface area contributed by atoms with Crippen LogP contribution in [0, 0.1) is 0 Å². The fraction of sp³-hybridized carbons (Fsp3) is 0.500. The quantitative estimate of drug-likeness (QED) is 0.488. The van der Waals surface area contributed by atoms with Crippen molar-refractivity contribution in [3.8, 4) is 0 Å². The normalized spacial score (nSPS) is 28.5. The Labute approximate surface area is 47.8 Å². The Bertz CT molecular complexity index is 147. The minimum Gasteiger partial charge on any atom is -0.385 e. The molecule has 1 aliphatic rings. The van der Waals surface area contributed by atoms with Crippen LogP contribution in [0.4, 0.5) is 0 Å². The fourth-order valence-electron chi connectivity index (χ4n) is 0.804. The summed E-state index contributed by atoms with van der Waals surface area (Å²) in [4.78, 5) is 10.5. The molecule has 0 saturated carbocycles. The molecule has 1 N–H and O–H groups in total. The van der Waals surface area contributed by atoms with Crippen molar-refractivity contribution in [2.45, 2.75) is 19.4 Å². The van der Waals surface area contributed by atoms with Crippen LogP contribution < -0.4 is 0 Å². The zero-order valence-electron chi connectivity index (χ0n) is 4.72. The molecule has 0 amide bonds. The summed E-state index contributed by atoms with van der Waals surface area (Å²) in [5.41, 5.74) is 0.975. The Hall–Kier alpha value is -0.630. The van der Waals surface area contributed by atoms with Gasteiger partial charge in [-0.05, 0) is 13.0 Å². The number of aliphatic hydroxyl groups excluding tert-OH is 1. The number of hydrogen-bond donors (Lipinski definition) is 1. The number of hydrogen-bond acceptors (Lipinski definition) is 2. The van der Waals surface area contributed by atoms with Crippen molar-refractivity contribution in [1.29, 1.82) is 0 Å². The second kappa shape index (κ2) is 1.71. The highest BCUT2D eigenvalue weighted by Crippen LogP contribution is 2.13. The zero-order valence-corrected chi connectivity index (χ0v) is 4.72. The van der Waals surface area contributed by atoms with Crippen molar-refractivity contribution in [3.05, 3.63) is 11.6 Å². The van der Waals surface area contributed by atoms with Gasteiger partial charge in [-0.1, -0.05) is 5.57 Å². The van der Waals surface area contributed by atoms with Crippen LogP contribution in [0.1, 0.15) is 13.3 Å². The number of ketones is 1. The molecule has 0 aromatic carbocycles. The molecule has 0 aliphatic heterocycles. The average molecular weight is 112 g/mol. The van der Waals surface area contributed by atoms with E-state index in [-0.39, 0.29) is 5.78 Å². The lowest BCUT2D eigenvalue weighted by Gasteiger charge is -1.93. The second-order valence-electron chi connectivity index (χ2n) is 2.11. The summed E-state index contributed by atoms with van der Waals surface area (Å²) < 4.78 is 0. The molecule has 0 aromatic heterocycles. The van der Waals surface area contributed by atoms with Crippen molar-refractivity contribution in [3.63, 3.8) is 0 Å². The van der Waals surface area contributed by atoms with E-state index >= 15 is 0 Å². The summed E-state index contributed by atoms with van der Waals surface area (Å²) in [6, 6.07) is 0. The molecular formula is C6H8O2. The first kappa shape index (κ1) is 5.51. The first-order valence-electron chi connectivity index (χ1n) is 2.59. The largest absolute Gasteiger partial charge is 0.385 e. The summed E-state index contributed by atoms with van der Waals surface area (Å²) in [5, 5.41) is 8.77. The van der Waals surface area contributed by atoms with Crippen LogP contribution in [0.5, 0.6) is 0 Å². The maximum absolute atomic E-state index is 10.5. The van der Waals surface area contributed by atoms with Gasteiger partial charge < -0.3 is 5.11 Å². The van der Waals surface area contributed by atoms with Crippen molar-refractivity contribution in [2.75, 3.05) is 0 Å². The van der Waals surface area contributed by atoms with Crippen molar-refractivity contribution in [2.24, 2.45) is 0 Å². The van der Waals surface area contributed by atoms with E-state index in [4.69, 9.17) is 5.11 Å². The molecule has 1 rings (SSSR count). The fourth-order valence-corrected chi connectivity index (χ4v) is 0.804. The van der Waals surface area contributed by atoms with Crippen molar-refractivity contribution >= 4 is 5.78 Å². The van der Waals surface area contributed by atoms with Crippen LogP contribution in [-0.4, -0.2) is 17.0 Å². The maximum Gasteiger partial charge on any atom is 0.184 e. The zero-order chi connectivity index (χ0) is 6.15. The van der Waals surface area contributed by atoms with Crippen LogP contribution >= 0.6 is 0 Å². The molecule has 0 unspecified atom stereocenters. The van der Waals surface area contributed by atoms with Crippen molar-refractivity contribution in [1.82, 2.24) is 0 Å². The highest BCUT2D eigenvalue weighted by molar-refractivity contribution is 5.96. The van der Waals surface area contributed by atoms with Gasteiger partial charge in [-0.25, -0.2) is 0 Å². The van der Waals surface area contributed by atoms with Gasteiger partial charge in [0.1, 0.15) is 6.10 Å². The van der Waals surface area contributed by atoms with E-state index in [1.165, 1.54) is 6.08 Å². The van der Waals surface area contributed by atoms with E-state index < -0.39 is 6.10 Å². The topological polar surface area (TPSA) is 37.3 Å². The monoisotopic (exact) mass is 112 g/mol. The molecule has 0 bridgehead atoms. The van der Waals surface area contributed by atoms with E-state index in [1.54, 1.807) is 0 Å². The summed E-state index contributed by atoms with van der Waals surface area (Å²) in [6.45, 7) is 1.84. The predicted octanol–water partition coefficient (Wildman–Crippen LogP) is 0.266. The van der Waals surface area contributed by atoms with Gasteiger partial charge in [0, 0.05) is 6.42 Å². The first-order valence-corrected chi connectivity index (χ1v) is 2.59. The minimum absolute atomic E-state index is 0.150. The molecule has 0 saturated heterocycles. The molecule has 0 radical (unpaired) electrons. The molecule has 1 atom stereocenters. The highest BCUT2D eigenvalue weighted by atomic mass is 16.3. The molecule has 0 spiro atoms. The number of rotatable bonds is 0. The van der Waals surface area contributed by atoms with Gasteiger partial charge in [0.15, 0.2) is 5.78 Å². The molecule has 8 heavy (non-hydrogen) atoms. The third-order valence-electron chi connectivity index (χ3n) is 1.23. The van der Waals surface area contributed by atoms with Crippen LogP contribution in [-0.2, 0) is 4.79 Å². The number of carbonyl (C=O) groups excluding carboxylic acids is 1. The van der Waals surface area contributed by atoms with Gasteiger partial charge in [0.2, 0.25) is 0 Å². The van der Waals surface area contributed by atoms with Crippen molar-refractivity contribution < 1.29 is 9.90 Å². The molecule has 1 aliphatic carbocycles. The lowest BCUT2D eigenvalue weighted by molar-refractivity contribution is -0.121. The lowest BCUT2D eigenvalue weighted by atomic mass is 10.2. The van der Waals surface area contributed by atoms with E-state index in [9.17, 15) is 4.79 Å². The third-order valence-corrected chi connectivity index (χ3v) is 1.23. The summed E-state index contributed by atoms with van der Waals surface area (Å²) in [5.74, 6) is -0.150. The van der Waals surface area contributed by atoms with Crippen LogP contribution in [0.3, 0.4) is 0 Å². The van der Waals surface area contributed by atoms with Crippen LogP contribution in [0.15, 0.2) is 11.6 Å². The summed E-state index contributed by atoms with van der Waals surface area (Å²) in [6.07, 6.45) is 1.28. The van der Waals surface area contributed by atoms with E-state index in [1.807, 2.05) is 6.92 Å². The lowest BCUT2D eigenvalue weighted by Crippen LogP contribution is -2.11. The summed E-state index contributed by atoms with van der Waals surface area (Å²) >= 11 is 0. The van der Waals surface area contributed by atoms with Gasteiger partial charge >= 0.3 is 0 Å². The molecule has 2 nitrogen and oxygen atoms in total. The van der Waals surface area contributed by atoms with Crippen LogP contribution in [0.2, 0.25) is 0 Å². The Morgan fingerprint density at radius 2 is 2.50 bits per heavy atom. The smallest absolute Gasteiger partial charge is 0.184 e. The molecule has 0 fully saturated rings. The van der Waals surface area contributed by atoms with Gasteiger partial charge in [-0.2, -0.15) is 0 Å². The first-order chi connectivity index (χ1) is 3.70. The average Bonchev–Trinajstić information content (AvgIpc) is 1.85. The second-order valence-corrected chi connectivity index (χ2v) is 2.11. The highest BCUT2D eigenvalue weighted by Gasteiger charge is 2.19. The number of aliphatic hydroxyl groups is 1. The number of carbonyl (C=O) groups is 1. The maximum atomic E-state index is 10.5. The van der Waals surface area contributed by atoms with Gasteiger partial charge in [0.25, 0.3) is 0 Å². The van der Waals surface area contributed by atoms with Crippen LogP contribution in [0.25, 0.3) is 0 Å². The molecule has 0 aromatic rings. The van der Waals surface area contributed by atoms with Gasteiger partial charge in [-0.3, -0.25) is 4.79 Å². The Balaban J connectivity index is 2.70. The Kier molecular flexibility index (Phi) is 1.18. The molecule has 2 heteroatoms. The van der Waals surface area contributed by atoms with E-state index in [0.717, 1.165) is 5.57 Å². The third kappa shape index (κ3) is 0.793. The van der Waals surface area contributed by atoms with E-state index in [2.05, 4.69) is 0 Å². The molecular weight excluding hydrogens is 104 g/mol. The van der Waals surface area contributed by atoms with Gasteiger partial charge in [0.05, 0.1) is 0 Å². The Morgan fingerprint density at radius 3 is 2.62 bits per heavy atom. The standard InChI is InChI=1S/C6H8O2/c1-4-2-5(7)6(8)3-4/h2,6,8H,3H2,1H3/t6-/m1/s1. The Morgan fingerprint density at radius 1 is 1.88 bits per heavy atom. The molecule has 0 heterocycles. The SMILES string of the molecule is CC1=CC(=O)[C@H](O)C1. The minimum atomic E-state index is -0.741. The van der Waals surface area contributed by atoms with Gasteiger partial charge in [-0.15, -0.1) is 0 Å². The molecule has 44 valence electrons. The summed E-state index contributed by atoms with van der Waals surface area (Å²) in [7, 11) is 0.